The van der Waals surface area contributed by atoms with Crippen molar-refractivity contribution in [2.24, 2.45) is 0 Å². The van der Waals surface area contributed by atoms with Crippen molar-refractivity contribution in [3.8, 4) is 34.4 Å². The number of esters is 1. The molecule has 0 spiro atoms. The van der Waals surface area contributed by atoms with Gasteiger partial charge in [-0.1, -0.05) is 42.5 Å². The Morgan fingerprint density at radius 2 is 1.81 bits per heavy atom. The molecule has 0 unspecified atom stereocenters. The summed E-state index contributed by atoms with van der Waals surface area (Å²) in [4.78, 5) is 12.9. The average molecular weight is 472 g/mol. The monoisotopic (exact) mass is 471 g/mol. The molecule has 5 aromatic rings. The van der Waals surface area contributed by atoms with E-state index in [1.807, 2.05) is 78.2 Å². The van der Waals surface area contributed by atoms with Crippen molar-refractivity contribution in [3.05, 3.63) is 113 Å². The van der Waals surface area contributed by atoms with Gasteiger partial charge in [0.15, 0.2) is 5.82 Å². The van der Waals surface area contributed by atoms with Gasteiger partial charge in [0.05, 0.1) is 28.6 Å². The van der Waals surface area contributed by atoms with Crippen LogP contribution >= 0.6 is 0 Å². The highest BCUT2D eigenvalue weighted by Crippen LogP contribution is 2.35. The summed E-state index contributed by atoms with van der Waals surface area (Å²) in [6, 6.07) is 27.0. The Kier molecular flexibility index (Phi) is 5.20. The molecule has 174 valence electrons. The Morgan fingerprint density at radius 1 is 1.00 bits per heavy atom. The predicted octanol–water partition coefficient (Wildman–Crippen LogP) is 5.30. The van der Waals surface area contributed by atoms with Crippen LogP contribution in [0.1, 0.15) is 32.9 Å². The Labute approximate surface area is 207 Å². The molecule has 7 nitrogen and oxygen atoms in total. The molecule has 6 rings (SSSR count). The number of hydrogen-bond acceptors (Lipinski definition) is 5. The lowest BCUT2D eigenvalue weighted by molar-refractivity contribution is 0.0472. The normalized spacial score (nSPS) is 11.6. The molecule has 2 aromatic heterocycles. The second-order valence-corrected chi connectivity index (χ2v) is 8.74. The molecule has 0 N–H and O–H groups in total. The SMILES string of the molecule is Cc1nnc2n1-c1ccc(C(=O)OCc3ccccc3)cc1Cn1cc(-c3ccc(C#N)cc3)cc1-2. The van der Waals surface area contributed by atoms with Crippen molar-refractivity contribution in [1.29, 1.82) is 5.26 Å². The molecule has 0 amide bonds. The summed E-state index contributed by atoms with van der Waals surface area (Å²) in [7, 11) is 0. The predicted molar refractivity (Wildman–Crippen MR) is 134 cm³/mol. The number of carbonyl (C=O) groups is 1. The van der Waals surface area contributed by atoms with Gasteiger partial charge in [-0.3, -0.25) is 4.57 Å². The number of aryl methyl sites for hydroxylation is 1. The van der Waals surface area contributed by atoms with Gasteiger partial charge in [-0.05, 0) is 60.0 Å². The van der Waals surface area contributed by atoms with E-state index in [-0.39, 0.29) is 12.6 Å². The summed E-state index contributed by atoms with van der Waals surface area (Å²) in [6.45, 7) is 2.70. The molecule has 7 heteroatoms. The molecular weight excluding hydrogens is 450 g/mol. The molecule has 36 heavy (non-hydrogen) atoms. The van der Waals surface area contributed by atoms with Gasteiger partial charge in [-0.2, -0.15) is 5.26 Å². The van der Waals surface area contributed by atoms with Gasteiger partial charge in [0.2, 0.25) is 0 Å². The van der Waals surface area contributed by atoms with E-state index in [1.165, 1.54) is 0 Å². The van der Waals surface area contributed by atoms with E-state index in [2.05, 4.69) is 33.1 Å². The van der Waals surface area contributed by atoms with Gasteiger partial charge in [0.1, 0.15) is 12.4 Å². The maximum atomic E-state index is 12.9. The van der Waals surface area contributed by atoms with Gasteiger partial charge in [-0.15, -0.1) is 10.2 Å². The van der Waals surface area contributed by atoms with Gasteiger partial charge in [0, 0.05) is 18.3 Å². The lowest BCUT2D eigenvalue weighted by Gasteiger charge is -2.12. The summed E-state index contributed by atoms with van der Waals surface area (Å²) in [5, 5.41) is 17.9. The first kappa shape index (κ1) is 21.6. The second kappa shape index (κ2) is 8.67. The van der Waals surface area contributed by atoms with Crippen LogP contribution < -0.4 is 0 Å². The standard InChI is InChI=1S/C29H21N5O2/c1-19-31-32-28-27-14-24(22-9-7-20(15-30)8-10-22)16-33(27)17-25-13-23(11-12-26(25)34(19)28)29(35)36-18-21-5-3-2-4-6-21/h2-14,16H,17-18H2,1H3. The second-order valence-electron chi connectivity index (χ2n) is 8.74. The number of carbonyl (C=O) groups excluding carboxylic acids is 1. The number of benzene rings is 3. The Balaban J connectivity index is 1.37. The fourth-order valence-corrected chi connectivity index (χ4v) is 4.59. The fourth-order valence-electron chi connectivity index (χ4n) is 4.59. The van der Waals surface area contributed by atoms with Crippen molar-refractivity contribution < 1.29 is 9.53 Å². The van der Waals surface area contributed by atoms with Crippen LogP contribution in [0.15, 0.2) is 85.1 Å². The van der Waals surface area contributed by atoms with Crippen LogP contribution in [-0.2, 0) is 17.9 Å². The molecule has 0 bridgehead atoms. The molecule has 0 atom stereocenters. The Hall–Kier alpha value is -4.96. The smallest absolute Gasteiger partial charge is 0.338 e. The highest BCUT2D eigenvalue weighted by atomic mass is 16.5. The third-order valence-electron chi connectivity index (χ3n) is 6.41. The van der Waals surface area contributed by atoms with Gasteiger partial charge in [-0.25, -0.2) is 4.79 Å². The highest BCUT2D eigenvalue weighted by molar-refractivity contribution is 5.90. The van der Waals surface area contributed by atoms with E-state index < -0.39 is 0 Å². The zero-order valence-electron chi connectivity index (χ0n) is 19.5. The number of rotatable bonds is 4. The van der Waals surface area contributed by atoms with E-state index in [1.54, 1.807) is 6.07 Å². The lowest BCUT2D eigenvalue weighted by Crippen LogP contribution is -2.08. The topological polar surface area (TPSA) is 85.7 Å². The maximum absolute atomic E-state index is 12.9. The molecule has 0 radical (unpaired) electrons. The van der Waals surface area contributed by atoms with Crippen molar-refractivity contribution in [1.82, 2.24) is 19.3 Å². The van der Waals surface area contributed by atoms with Crippen LogP contribution in [0.25, 0.3) is 28.3 Å². The Morgan fingerprint density at radius 3 is 2.58 bits per heavy atom. The largest absolute Gasteiger partial charge is 0.457 e. The molecule has 1 aliphatic heterocycles. The zero-order chi connectivity index (χ0) is 24.6. The van der Waals surface area contributed by atoms with Crippen molar-refractivity contribution in [2.75, 3.05) is 0 Å². The molecule has 3 aromatic carbocycles. The number of hydrogen-bond donors (Lipinski definition) is 0. The quantitative estimate of drug-likeness (QED) is 0.326. The zero-order valence-corrected chi connectivity index (χ0v) is 19.5. The van der Waals surface area contributed by atoms with E-state index in [0.29, 0.717) is 17.7 Å². The number of nitriles is 1. The molecule has 0 fully saturated rings. The van der Waals surface area contributed by atoms with Crippen LogP contribution in [-0.4, -0.2) is 25.3 Å². The minimum atomic E-state index is -0.363. The minimum absolute atomic E-state index is 0.223. The van der Waals surface area contributed by atoms with Crippen LogP contribution in [0.3, 0.4) is 0 Å². The van der Waals surface area contributed by atoms with E-state index in [4.69, 9.17) is 10.00 Å². The number of ether oxygens (including phenoxy) is 1. The highest BCUT2D eigenvalue weighted by Gasteiger charge is 2.25. The summed E-state index contributed by atoms with van der Waals surface area (Å²) < 4.78 is 9.71. The van der Waals surface area contributed by atoms with Gasteiger partial charge < -0.3 is 9.30 Å². The van der Waals surface area contributed by atoms with E-state index in [0.717, 1.165) is 45.3 Å². The molecule has 0 saturated heterocycles. The summed E-state index contributed by atoms with van der Waals surface area (Å²) >= 11 is 0. The van der Waals surface area contributed by atoms with Gasteiger partial charge in [0.25, 0.3) is 0 Å². The molecule has 0 aliphatic carbocycles. The van der Waals surface area contributed by atoms with Crippen LogP contribution in [0.2, 0.25) is 0 Å². The third-order valence-corrected chi connectivity index (χ3v) is 6.41. The third kappa shape index (κ3) is 3.75. The number of aromatic nitrogens is 4. The maximum Gasteiger partial charge on any atom is 0.338 e. The first-order valence-corrected chi connectivity index (χ1v) is 11.6. The van der Waals surface area contributed by atoms with Gasteiger partial charge >= 0.3 is 5.97 Å². The number of nitrogens with zero attached hydrogens (tertiary/aromatic N) is 5. The van der Waals surface area contributed by atoms with E-state index in [9.17, 15) is 4.79 Å². The summed E-state index contributed by atoms with van der Waals surface area (Å²) in [6.07, 6.45) is 2.07. The first-order chi connectivity index (χ1) is 17.6. The van der Waals surface area contributed by atoms with Crippen LogP contribution in [0.5, 0.6) is 0 Å². The van der Waals surface area contributed by atoms with Crippen LogP contribution in [0, 0.1) is 18.3 Å². The number of fused-ring (bicyclic) bond motifs is 5. The van der Waals surface area contributed by atoms with E-state index >= 15 is 0 Å². The summed E-state index contributed by atoms with van der Waals surface area (Å²) in [5.74, 6) is 1.14. The summed E-state index contributed by atoms with van der Waals surface area (Å²) in [5.41, 5.74) is 6.93. The van der Waals surface area contributed by atoms with Crippen LogP contribution in [0.4, 0.5) is 0 Å². The minimum Gasteiger partial charge on any atom is -0.457 e. The molecule has 0 saturated carbocycles. The van der Waals surface area contributed by atoms with Crippen molar-refractivity contribution in [2.45, 2.75) is 20.1 Å². The first-order valence-electron chi connectivity index (χ1n) is 11.6. The average Bonchev–Trinajstić information content (AvgIpc) is 3.48. The molecule has 1 aliphatic rings. The van der Waals surface area contributed by atoms with Crippen molar-refractivity contribution in [3.63, 3.8) is 0 Å². The lowest BCUT2D eigenvalue weighted by atomic mass is 10.1. The molecule has 3 heterocycles. The Bertz CT molecular complexity index is 1640. The fraction of sp³-hybridized carbons (Fsp3) is 0.103. The van der Waals surface area contributed by atoms with Crippen molar-refractivity contribution >= 4 is 5.97 Å². The molecular formula is C29H21N5O2.